The highest BCUT2D eigenvalue weighted by molar-refractivity contribution is 6.04. The zero-order valence-corrected chi connectivity index (χ0v) is 16.0. The lowest BCUT2D eigenvalue weighted by Gasteiger charge is -2.28. The number of nitrogens with two attached hydrogens (primary N) is 1. The first kappa shape index (κ1) is 20.1. The number of amides is 2. The Kier molecular flexibility index (Phi) is 7.30. The Labute approximate surface area is 155 Å². The third kappa shape index (κ3) is 4.90. The van der Waals surface area contributed by atoms with Gasteiger partial charge in [-0.15, -0.1) is 0 Å². The molecule has 1 aliphatic carbocycles. The normalized spacial score (nSPS) is 19.7. The van der Waals surface area contributed by atoms with Crippen molar-refractivity contribution in [3.8, 4) is 11.5 Å². The summed E-state index contributed by atoms with van der Waals surface area (Å²) < 4.78 is 10.5. The molecule has 6 heteroatoms. The molecule has 26 heavy (non-hydrogen) atoms. The number of carbonyl (C=O) groups excluding carboxylic acids is 2. The molecule has 1 aliphatic rings. The molecule has 6 nitrogen and oxygen atoms in total. The van der Waals surface area contributed by atoms with Crippen LogP contribution in [0, 0.1) is 11.8 Å². The summed E-state index contributed by atoms with van der Waals surface area (Å²) in [4.78, 5) is 24.4. The molecule has 0 bridgehead atoms. The maximum absolute atomic E-state index is 12.7. The van der Waals surface area contributed by atoms with E-state index in [1.54, 1.807) is 6.07 Å². The lowest BCUT2D eigenvalue weighted by Crippen LogP contribution is -2.28. The fourth-order valence-corrected chi connectivity index (χ4v) is 3.63. The number of ether oxygens (including phenoxy) is 2. The molecule has 0 spiro atoms. The topological polar surface area (TPSA) is 90.7 Å². The van der Waals surface area contributed by atoms with Crippen LogP contribution in [0.15, 0.2) is 12.1 Å². The van der Waals surface area contributed by atoms with E-state index < -0.39 is 5.91 Å². The van der Waals surface area contributed by atoms with Gasteiger partial charge in [-0.05, 0) is 37.7 Å². The van der Waals surface area contributed by atoms with Crippen molar-refractivity contribution in [2.75, 3.05) is 19.5 Å². The number of nitrogens with one attached hydrogen (secondary N) is 1. The standard InChI is InChI=1S/C20H30N2O4/c1-4-5-6-13-7-9-14(10-8-13)20(24)22-16-12-18(26-3)17(25-2)11-15(16)19(21)23/h11-14H,4-10H2,1-3H3,(H2,21,23)(H,22,24). The van der Waals surface area contributed by atoms with E-state index in [1.165, 1.54) is 39.5 Å². The van der Waals surface area contributed by atoms with Gasteiger partial charge < -0.3 is 20.5 Å². The van der Waals surface area contributed by atoms with E-state index in [4.69, 9.17) is 15.2 Å². The van der Waals surface area contributed by atoms with E-state index in [9.17, 15) is 9.59 Å². The lowest BCUT2D eigenvalue weighted by molar-refractivity contribution is -0.121. The van der Waals surface area contributed by atoms with Crippen molar-refractivity contribution < 1.29 is 19.1 Å². The fraction of sp³-hybridized carbons (Fsp3) is 0.600. The second-order valence-corrected chi connectivity index (χ2v) is 6.97. The lowest BCUT2D eigenvalue weighted by atomic mass is 9.79. The van der Waals surface area contributed by atoms with Gasteiger partial charge >= 0.3 is 0 Å². The first-order valence-corrected chi connectivity index (χ1v) is 9.36. The Morgan fingerprint density at radius 3 is 2.27 bits per heavy atom. The zero-order valence-electron chi connectivity index (χ0n) is 16.0. The Morgan fingerprint density at radius 1 is 1.12 bits per heavy atom. The molecular formula is C20H30N2O4. The van der Waals surface area contributed by atoms with Gasteiger partial charge in [0.25, 0.3) is 5.91 Å². The summed E-state index contributed by atoms with van der Waals surface area (Å²) in [6.45, 7) is 2.21. The van der Waals surface area contributed by atoms with Gasteiger partial charge in [0.15, 0.2) is 11.5 Å². The molecule has 0 saturated heterocycles. The molecule has 2 amide bonds. The Bertz CT molecular complexity index is 637. The highest BCUT2D eigenvalue weighted by atomic mass is 16.5. The third-order valence-electron chi connectivity index (χ3n) is 5.23. The minimum atomic E-state index is -0.621. The molecule has 1 aromatic carbocycles. The van der Waals surface area contributed by atoms with E-state index in [0.29, 0.717) is 17.2 Å². The number of hydrogen-bond donors (Lipinski definition) is 2. The molecule has 0 unspecified atom stereocenters. The van der Waals surface area contributed by atoms with E-state index in [-0.39, 0.29) is 17.4 Å². The van der Waals surface area contributed by atoms with E-state index >= 15 is 0 Å². The van der Waals surface area contributed by atoms with Gasteiger partial charge in [0.2, 0.25) is 5.91 Å². The van der Waals surface area contributed by atoms with Gasteiger partial charge in [0.05, 0.1) is 25.5 Å². The molecule has 2 rings (SSSR count). The van der Waals surface area contributed by atoms with Crippen molar-refractivity contribution in [3.05, 3.63) is 17.7 Å². The molecule has 1 fully saturated rings. The monoisotopic (exact) mass is 362 g/mol. The van der Waals surface area contributed by atoms with Crippen molar-refractivity contribution >= 4 is 17.5 Å². The van der Waals surface area contributed by atoms with Gasteiger partial charge in [0, 0.05) is 12.0 Å². The SMILES string of the molecule is CCCCC1CCC(C(=O)Nc2cc(OC)c(OC)cc2C(N)=O)CC1. The Balaban J connectivity index is 2.08. The van der Waals surface area contributed by atoms with Gasteiger partial charge in [-0.1, -0.05) is 26.2 Å². The van der Waals surface area contributed by atoms with Crippen molar-refractivity contribution in [2.24, 2.45) is 17.6 Å². The molecule has 144 valence electrons. The highest BCUT2D eigenvalue weighted by Crippen LogP contribution is 2.35. The number of benzene rings is 1. The van der Waals surface area contributed by atoms with Crippen LogP contribution in [0.3, 0.4) is 0 Å². The second kappa shape index (κ2) is 9.46. The largest absolute Gasteiger partial charge is 0.493 e. The second-order valence-electron chi connectivity index (χ2n) is 6.97. The van der Waals surface area contributed by atoms with Crippen LogP contribution >= 0.6 is 0 Å². The predicted octanol–water partition coefficient (Wildman–Crippen LogP) is 3.74. The third-order valence-corrected chi connectivity index (χ3v) is 5.23. The average molecular weight is 362 g/mol. The summed E-state index contributed by atoms with van der Waals surface area (Å²) in [6, 6.07) is 3.09. The van der Waals surface area contributed by atoms with Crippen LogP contribution in [0.1, 0.15) is 62.2 Å². The maximum atomic E-state index is 12.7. The predicted molar refractivity (Wildman–Crippen MR) is 102 cm³/mol. The van der Waals surface area contributed by atoms with E-state index in [2.05, 4.69) is 12.2 Å². The van der Waals surface area contributed by atoms with Gasteiger partial charge in [0.1, 0.15) is 0 Å². The molecule has 0 atom stereocenters. The summed E-state index contributed by atoms with van der Waals surface area (Å²) in [5.41, 5.74) is 6.05. The fourth-order valence-electron chi connectivity index (χ4n) is 3.63. The molecule has 0 radical (unpaired) electrons. The highest BCUT2D eigenvalue weighted by Gasteiger charge is 2.27. The van der Waals surface area contributed by atoms with Gasteiger partial charge in [-0.3, -0.25) is 9.59 Å². The summed E-state index contributed by atoms with van der Waals surface area (Å²) in [5, 5.41) is 2.87. The summed E-state index contributed by atoms with van der Waals surface area (Å²) in [5.74, 6) is 0.868. The molecule has 0 aliphatic heterocycles. The van der Waals surface area contributed by atoms with Crippen LogP contribution in [0.25, 0.3) is 0 Å². The van der Waals surface area contributed by atoms with Gasteiger partial charge in [-0.25, -0.2) is 0 Å². The summed E-state index contributed by atoms with van der Waals surface area (Å²) in [7, 11) is 2.99. The first-order valence-electron chi connectivity index (χ1n) is 9.36. The van der Waals surface area contributed by atoms with Crippen LogP contribution in [-0.4, -0.2) is 26.0 Å². The minimum Gasteiger partial charge on any atom is -0.493 e. The van der Waals surface area contributed by atoms with Crippen molar-refractivity contribution in [3.63, 3.8) is 0 Å². The molecule has 0 heterocycles. The number of rotatable bonds is 8. The summed E-state index contributed by atoms with van der Waals surface area (Å²) in [6.07, 6.45) is 7.69. The molecule has 1 saturated carbocycles. The smallest absolute Gasteiger partial charge is 0.250 e. The average Bonchev–Trinajstić information content (AvgIpc) is 2.66. The number of carbonyl (C=O) groups is 2. The number of primary amides is 1. The van der Waals surface area contributed by atoms with Crippen molar-refractivity contribution in [1.29, 1.82) is 0 Å². The quantitative estimate of drug-likeness (QED) is 0.737. The van der Waals surface area contributed by atoms with E-state index in [0.717, 1.165) is 31.6 Å². The van der Waals surface area contributed by atoms with Crippen LogP contribution in [0.5, 0.6) is 11.5 Å². The van der Waals surface area contributed by atoms with Crippen molar-refractivity contribution in [2.45, 2.75) is 51.9 Å². The van der Waals surface area contributed by atoms with Crippen LogP contribution in [0.4, 0.5) is 5.69 Å². The minimum absolute atomic E-state index is 0.0262. The number of methoxy groups -OCH3 is 2. The van der Waals surface area contributed by atoms with Crippen LogP contribution in [-0.2, 0) is 4.79 Å². The number of unbranched alkanes of at least 4 members (excludes halogenated alkanes) is 1. The van der Waals surface area contributed by atoms with E-state index in [1.807, 2.05) is 0 Å². The summed E-state index contributed by atoms with van der Waals surface area (Å²) >= 11 is 0. The van der Waals surface area contributed by atoms with Crippen LogP contribution in [0.2, 0.25) is 0 Å². The first-order chi connectivity index (χ1) is 12.5. The molecule has 1 aromatic rings. The zero-order chi connectivity index (χ0) is 19.1. The molecule has 3 N–H and O–H groups in total. The van der Waals surface area contributed by atoms with Gasteiger partial charge in [-0.2, -0.15) is 0 Å². The number of hydrogen-bond acceptors (Lipinski definition) is 4. The molecular weight excluding hydrogens is 332 g/mol. The van der Waals surface area contributed by atoms with Crippen molar-refractivity contribution in [1.82, 2.24) is 0 Å². The van der Waals surface area contributed by atoms with Crippen LogP contribution < -0.4 is 20.5 Å². The maximum Gasteiger partial charge on any atom is 0.250 e. The molecule has 0 aromatic heterocycles. The Morgan fingerprint density at radius 2 is 1.73 bits per heavy atom. The number of anilines is 1. The Hall–Kier alpha value is -2.24.